The molecule has 1 atom stereocenters. The fourth-order valence-corrected chi connectivity index (χ4v) is 3.53. The molecule has 0 bridgehead atoms. The van der Waals surface area contributed by atoms with Crippen LogP contribution in [-0.4, -0.2) is 59.6 Å². The molecule has 3 rings (SSSR count). The SMILES string of the molecule is CC(=O)c1ccc(NC(=O)C(C)N2CCN(C(=O)c3ccccc3Cl)CC2)cc1. The summed E-state index contributed by atoms with van der Waals surface area (Å²) in [5.41, 5.74) is 1.76. The standard InChI is InChI=1S/C22H24ClN3O3/c1-15(21(28)24-18-9-7-17(8-10-18)16(2)27)25-11-13-26(14-12-25)22(29)19-5-3-4-6-20(19)23/h3-10,15H,11-14H2,1-2H3,(H,24,28). The third kappa shape index (κ3) is 5.02. The van der Waals surface area contributed by atoms with Crippen molar-refractivity contribution in [3.8, 4) is 0 Å². The van der Waals surface area contributed by atoms with E-state index in [1.165, 1.54) is 6.92 Å². The van der Waals surface area contributed by atoms with Crippen LogP contribution in [0.15, 0.2) is 48.5 Å². The normalized spacial score (nSPS) is 15.6. The Hall–Kier alpha value is -2.70. The van der Waals surface area contributed by atoms with Gasteiger partial charge in [0, 0.05) is 37.4 Å². The van der Waals surface area contributed by atoms with Crippen LogP contribution in [0.1, 0.15) is 34.6 Å². The maximum Gasteiger partial charge on any atom is 0.255 e. The number of halogens is 1. The number of ketones is 1. The van der Waals surface area contributed by atoms with Gasteiger partial charge in [-0.2, -0.15) is 0 Å². The number of hydrogen-bond donors (Lipinski definition) is 1. The minimum absolute atomic E-state index is 0.0135. The Morgan fingerprint density at radius 3 is 2.17 bits per heavy atom. The Morgan fingerprint density at radius 1 is 0.966 bits per heavy atom. The Morgan fingerprint density at radius 2 is 1.59 bits per heavy atom. The van der Waals surface area contributed by atoms with Crippen molar-refractivity contribution in [1.82, 2.24) is 9.80 Å². The quantitative estimate of drug-likeness (QED) is 0.763. The molecule has 1 unspecified atom stereocenters. The van der Waals surface area contributed by atoms with E-state index in [9.17, 15) is 14.4 Å². The highest BCUT2D eigenvalue weighted by atomic mass is 35.5. The minimum Gasteiger partial charge on any atom is -0.336 e. The van der Waals surface area contributed by atoms with Gasteiger partial charge >= 0.3 is 0 Å². The van der Waals surface area contributed by atoms with E-state index in [2.05, 4.69) is 10.2 Å². The average molecular weight is 414 g/mol. The van der Waals surface area contributed by atoms with E-state index in [0.29, 0.717) is 48.0 Å². The third-order valence-corrected chi connectivity index (χ3v) is 5.52. The number of rotatable bonds is 5. The van der Waals surface area contributed by atoms with Crippen molar-refractivity contribution in [1.29, 1.82) is 0 Å². The van der Waals surface area contributed by atoms with E-state index in [4.69, 9.17) is 11.6 Å². The minimum atomic E-state index is -0.333. The summed E-state index contributed by atoms with van der Waals surface area (Å²) in [6.45, 7) is 5.64. The molecule has 2 amide bonds. The van der Waals surface area contributed by atoms with E-state index < -0.39 is 0 Å². The van der Waals surface area contributed by atoms with Crippen LogP contribution in [0, 0.1) is 0 Å². The second-order valence-electron chi connectivity index (χ2n) is 7.11. The largest absolute Gasteiger partial charge is 0.336 e. The monoisotopic (exact) mass is 413 g/mol. The summed E-state index contributed by atoms with van der Waals surface area (Å²) in [7, 11) is 0. The van der Waals surface area contributed by atoms with Gasteiger partial charge in [-0.05, 0) is 50.2 Å². The van der Waals surface area contributed by atoms with Gasteiger partial charge in [0.2, 0.25) is 5.91 Å². The second-order valence-corrected chi connectivity index (χ2v) is 7.51. The number of nitrogens with zero attached hydrogens (tertiary/aromatic N) is 2. The molecule has 1 aliphatic rings. The highest BCUT2D eigenvalue weighted by molar-refractivity contribution is 6.33. The van der Waals surface area contributed by atoms with Gasteiger partial charge in [-0.15, -0.1) is 0 Å². The van der Waals surface area contributed by atoms with E-state index in [0.717, 1.165) is 0 Å². The number of Topliss-reactive ketones (excluding diaryl/α,β-unsaturated/α-hetero) is 1. The summed E-state index contributed by atoms with van der Waals surface area (Å²) in [5, 5.41) is 3.33. The first-order chi connectivity index (χ1) is 13.9. The fourth-order valence-electron chi connectivity index (χ4n) is 3.32. The Bertz CT molecular complexity index is 906. The molecule has 1 aliphatic heterocycles. The summed E-state index contributed by atoms with van der Waals surface area (Å²) in [6.07, 6.45) is 0. The molecule has 29 heavy (non-hydrogen) atoms. The predicted octanol–water partition coefficient (Wildman–Crippen LogP) is 3.33. The molecular weight excluding hydrogens is 390 g/mol. The number of carbonyl (C=O) groups excluding carboxylic acids is 3. The van der Waals surface area contributed by atoms with E-state index in [1.54, 1.807) is 53.4 Å². The van der Waals surface area contributed by atoms with Crippen LogP contribution in [0.25, 0.3) is 0 Å². The molecule has 152 valence electrons. The van der Waals surface area contributed by atoms with Crippen molar-refractivity contribution >= 4 is 34.9 Å². The first-order valence-corrected chi connectivity index (χ1v) is 9.94. The lowest BCUT2D eigenvalue weighted by atomic mass is 10.1. The predicted molar refractivity (Wildman–Crippen MR) is 113 cm³/mol. The van der Waals surface area contributed by atoms with Gasteiger partial charge in [0.05, 0.1) is 16.6 Å². The molecular formula is C22H24ClN3O3. The number of anilines is 1. The van der Waals surface area contributed by atoms with Crippen LogP contribution in [0.5, 0.6) is 0 Å². The molecule has 0 aliphatic carbocycles. The van der Waals surface area contributed by atoms with Crippen molar-refractivity contribution < 1.29 is 14.4 Å². The lowest BCUT2D eigenvalue weighted by Crippen LogP contribution is -2.54. The lowest BCUT2D eigenvalue weighted by Gasteiger charge is -2.37. The zero-order valence-corrected chi connectivity index (χ0v) is 17.3. The summed E-state index contributed by atoms with van der Waals surface area (Å²) in [5.74, 6) is -0.218. The molecule has 6 nitrogen and oxygen atoms in total. The van der Waals surface area contributed by atoms with E-state index in [-0.39, 0.29) is 23.6 Å². The lowest BCUT2D eigenvalue weighted by molar-refractivity contribution is -0.121. The maximum atomic E-state index is 12.7. The average Bonchev–Trinajstić information content (AvgIpc) is 2.73. The van der Waals surface area contributed by atoms with Crippen molar-refractivity contribution in [3.63, 3.8) is 0 Å². The summed E-state index contributed by atoms with van der Waals surface area (Å²) < 4.78 is 0. The zero-order chi connectivity index (χ0) is 21.0. The van der Waals surface area contributed by atoms with Crippen molar-refractivity contribution in [2.24, 2.45) is 0 Å². The molecule has 1 fully saturated rings. The molecule has 7 heteroatoms. The molecule has 0 saturated carbocycles. The molecule has 0 radical (unpaired) electrons. The first-order valence-electron chi connectivity index (χ1n) is 9.56. The van der Waals surface area contributed by atoms with Crippen molar-refractivity contribution in [2.45, 2.75) is 19.9 Å². The van der Waals surface area contributed by atoms with E-state index in [1.807, 2.05) is 6.92 Å². The third-order valence-electron chi connectivity index (χ3n) is 5.19. The molecule has 1 saturated heterocycles. The van der Waals surface area contributed by atoms with Crippen molar-refractivity contribution in [3.05, 3.63) is 64.7 Å². The highest BCUT2D eigenvalue weighted by Gasteiger charge is 2.28. The number of benzene rings is 2. The van der Waals surface area contributed by atoms with Gasteiger partial charge in [-0.1, -0.05) is 23.7 Å². The van der Waals surface area contributed by atoms with Gasteiger partial charge in [0.25, 0.3) is 5.91 Å². The summed E-state index contributed by atoms with van der Waals surface area (Å²) in [4.78, 5) is 40.4. The van der Waals surface area contributed by atoms with Gasteiger partial charge in [-0.25, -0.2) is 0 Å². The maximum absolute atomic E-state index is 12.7. The number of hydrogen-bond acceptors (Lipinski definition) is 4. The zero-order valence-electron chi connectivity index (χ0n) is 16.5. The van der Waals surface area contributed by atoms with E-state index >= 15 is 0 Å². The Labute approximate surface area is 175 Å². The van der Waals surface area contributed by atoms with Crippen LogP contribution in [0.2, 0.25) is 5.02 Å². The summed E-state index contributed by atoms with van der Waals surface area (Å²) in [6, 6.07) is 13.5. The second kappa shape index (κ2) is 9.20. The van der Waals surface area contributed by atoms with Gasteiger partial charge in [-0.3, -0.25) is 19.3 Å². The van der Waals surface area contributed by atoms with Gasteiger partial charge in [0.15, 0.2) is 5.78 Å². The highest BCUT2D eigenvalue weighted by Crippen LogP contribution is 2.19. The molecule has 2 aromatic rings. The van der Waals surface area contributed by atoms with Crippen LogP contribution >= 0.6 is 11.6 Å². The first kappa shape index (κ1) is 21.0. The molecule has 2 aromatic carbocycles. The topological polar surface area (TPSA) is 69.7 Å². The Kier molecular flexibility index (Phi) is 6.67. The van der Waals surface area contributed by atoms with Crippen LogP contribution in [-0.2, 0) is 4.79 Å². The van der Waals surface area contributed by atoms with Crippen LogP contribution in [0.4, 0.5) is 5.69 Å². The van der Waals surface area contributed by atoms with Crippen LogP contribution in [0.3, 0.4) is 0 Å². The molecule has 1 N–H and O–H groups in total. The number of nitrogens with one attached hydrogen (secondary N) is 1. The number of carbonyl (C=O) groups is 3. The fraction of sp³-hybridized carbons (Fsp3) is 0.318. The molecule has 0 aromatic heterocycles. The van der Waals surface area contributed by atoms with Crippen molar-refractivity contribution in [2.75, 3.05) is 31.5 Å². The van der Waals surface area contributed by atoms with Gasteiger partial charge in [0.1, 0.15) is 0 Å². The molecule has 1 heterocycles. The smallest absolute Gasteiger partial charge is 0.255 e. The summed E-state index contributed by atoms with van der Waals surface area (Å²) >= 11 is 6.13. The van der Waals surface area contributed by atoms with Crippen LogP contribution < -0.4 is 5.32 Å². The Balaban J connectivity index is 1.54. The number of piperazine rings is 1. The molecule has 0 spiro atoms. The number of amides is 2. The van der Waals surface area contributed by atoms with Gasteiger partial charge < -0.3 is 10.2 Å².